The van der Waals surface area contributed by atoms with E-state index in [-0.39, 0.29) is 0 Å². The highest BCUT2D eigenvalue weighted by atomic mass is 35.5. The number of pyridine rings is 1. The van der Waals surface area contributed by atoms with E-state index in [1.165, 1.54) is 0 Å². The molecule has 3 aromatic rings. The molecule has 0 unspecified atom stereocenters. The Morgan fingerprint density at radius 3 is 2.89 bits per heavy atom. The summed E-state index contributed by atoms with van der Waals surface area (Å²) in [5.74, 6) is 0.561. The molecule has 0 bridgehead atoms. The maximum atomic E-state index is 5.99. The summed E-state index contributed by atoms with van der Waals surface area (Å²) in [5.41, 5.74) is 2.48. The molecule has 0 atom stereocenters. The van der Waals surface area contributed by atoms with Crippen LogP contribution in [-0.4, -0.2) is 21.6 Å². The number of methoxy groups -OCH3 is 1. The van der Waals surface area contributed by atoms with Gasteiger partial charge in [-0.2, -0.15) is 4.98 Å². The molecule has 0 saturated heterocycles. The lowest BCUT2D eigenvalue weighted by Crippen LogP contribution is -1.95. The molecule has 90 valence electrons. The first-order valence-corrected chi connectivity index (χ1v) is 5.80. The first kappa shape index (κ1) is 11.0. The summed E-state index contributed by atoms with van der Waals surface area (Å²) in [6.45, 7) is 0. The predicted octanol–water partition coefficient (Wildman–Crippen LogP) is 3.08. The van der Waals surface area contributed by atoms with Gasteiger partial charge >= 0.3 is 0 Å². The van der Waals surface area contributed by atoms with Gasteiger partial charge in [-0.25, -0.2) is 4.98 Å². The van der Waals surface area contributed by atoms with Crippen molar-refractivity contribution in [2.24, 2.45) is 0 Å². The van der Waals surface area contributed by atoms with Gasteiger partial charge in [0.25, 0.3) is 0 Å². The second-order valence-corrected chi connectivity index (χ2v) is 4.23. The lowest BCUT2D eigenvalue weighted by atomic mass is 10.3. The molecule has 18 heavy (non-hydrogen) atoms. The first-order chi connectivity index (χ1) is 8.78. The highest BCUT2D eigenvalue weighted by Gasteiger charge is 2.07. The normalized spacial score (nSPS) is 10.8. The summed E-state index contributed by atoms with van der Waals surface area (Å²) >= 11 is 5.99. The Hall–Kier alpha value is -2.07. The average molecular weight is 260 g/mol. The van der Waals surface area contributed by atoms with Crippen molar-refractivity contribution in [1.29, 1.82) is 0 Å². The fraction of sp³-hybridized carbons (Fsp3) is 0.0769. The quantitative estimate of drug-likeness (QED) is 0.710. The van der Waals surface area contributed by atoms with Crippen molar-refractivity contribution in [3.63, 3.8) is 0 Å². The van der Waals surface area contributed by atoms with Crippen molar-refractivity contribution < 1.29 is 4.74 Å². The number of nitrogens with zero attached hydrogens (tertiary/aromatic N) is 3. The van der Waals surface area contributed by atoms with Crippen LogP contribution in [-0.2, 0) is 0 Å². The van der Waals surface area contributed by atoms with E-state index < -0.39 is 0 Å². The van der Waals surface area contributed by atoms with Crippen LogP contribution in [0, 0.1) is 0 Å². The molecular weight excluding hydrogens is 250 g/mol. The number of benzene rings is 1. The lowest BCUT2D eigenvalue weighted by Gasteiger charge is -2.04. The minimum atomic E-state index is 0.561. The largest absolute Gasteiger partial charge is 0.481 e. The summed E-state index contributed by atoms with van der Waals surface area (Å²) in [6.07, 6.45) is 1.72. The molecule has 2 aromatic heterocycles. The molecule has 0 radical (unpaired) electrons. The summed E-state index contributed by atoms with van der Waals surface area (Å²) < 4.78 is 7.01. The van der Waals surface area contributed by atoms with E-state index in [0.29, 0.717) is 10.9 Å². The van der Waals surface area contributed by atoms with E-state index in [1.807, 2.05) is 34.9 Å². The molecule has 0 aliphatic heterocycles. The van der Waals surface area contributed by atoms with Crippen LogP contribution in [0.4, 0.5) is 0 Å². The van der Waals surface area contributed by atoms with E-state index >= 15 is 0 Å². The smallest absolute Gasteiger partial charge is 0.215 e. The van der Waals surface area contributed by atoms with Gasteiger partial charge in [-0.3, -0.25) is 4.57 Å². The fourth-order valence-corrected chi connectivity index (χ4v) is 1.99. The van der Waals surface area contributed by atoms with Gasteiger partial charge in [0.1, 0.15) is 11.8 Å². The Kier molecular flexibility index (Phi) is 2.64. The lowest BCUT2D eigenvalue weighted by molar-refractivity contribution is 0.399. The Bertz CT molecular complexity index is 708. The van der Waals surface area contributed by atoms with Crippen molar-refractivity contribution >= 4 is 22.8 Å². The van der Waals surface area contributed by atoms with Gasteiger partial charge < -0.3 is 4.74 Å². The number of rotatable bonds is 2. The standard InChI is InChI=1S/C13H10ClN3O/c1-18-12-6-5-11-13(16-12)17(8-15-11)10-4-2-3-9(14)7-10/h2-8H,1H3. The highest BCUT2D eigenvalue weighted by Crippen LogP contribution is 2.21. The zero-order chi connectivity index (χ0) is 12.5. The topological polar surface area (TPSA) is 39.9 Å². The van der Waals surface area contributed by atoms with E-state index in [0.717, 1.165) is 16.9 Å². The molecule has 3 rings (SSSR count). The molecule has 2 heterocycles. The van der Waals surface area contributed by atoms with Crippen LogP contribution in [0.1, 0.15) is 0 Å². The number of hydrogen-bond acceptors (Lipinski definition) is 3. The Labute approximate surface area is 109 Å². The minimum absolute atomic E-state index is 0.561. The predicted molar refractivity (Wildman–Crippen MR) is 70.4 cm³/mol. The minimum Gasteiger partial charge on any atom is -0.481 e. The maximum Gasteiger partial charge on any atom is 0.215 e. The van der Waals surface area contributed by atoms with Crippen LogP contribution >= 0.6 is 11.6 Å². The van der Waals surface area contributed by atoms with Gasteiger partial charge in [-0.1, -0.05) is 17.7 Å². The van der Waals surface area contributed by atoms with Crippen molar-refractivity contribution in [1.82, 2.24) is 14.5 Å². The van der Waals surface area contributed by atoms with Crippen molar-refractivity contribution in [2.75, 3.05) is 7.11 Å². The summed E-state index contributed by atoms with van der Waals surface area (Å²) in [4.78, 5) is 8.70. The molecule has 0 N–H and O–H groups in total. The van der Waals surface area contributed by atoms with E-state index in [2.05, 4.69) is 9.97 Å². The monoisotopic (exact) mass is 259 g/mol. The number of fused-ring (bicyclic) bond motifs is 1. The molecule has 0 spiro atoms. The Balaban J connectivity index is 2.22. The second kappa shape index (κ2) is 4.31. The number of aromatic nitrogens is 3. The molecule has 4 nitrogen and oxygen atoms in total. The first-order valence-electron chi connectivity index (χ1n) is 5.42. The summed E-state index contributed by atoms with van der Waals surface area (Å²) in [7, 11) is 1.59. The van der Waals surface area contributed by atoms with Crippen LogP contribution < -0.4 is 4.74 Å². The second-order valence-electron chi connectivity index (χ2n) is 3.79. The zero-order valence-electron chi connectivity index (χ0n) is 9.67. The molecule has 0 saturated carbocycles. The van der Waals surface area contributed by atoms with Gasteiger partial charge in [-0.05, 0) is 24.3 Å². The Morgan fingerprint density at radius 2 is 2.11 bits per heavy atom. The van der Waals surface area contributed by atoms with E-state index in [4.69, 9.17) is 16.3 Å². The average Bonchev–Trinajstić information content (AvgIpc) is 2.81. The number of halogens is 1. The SMILES string of the molecule is COc1ccc2ncn(-c3cccc(Cl)c3)c2n1. The van der Waals surface area contributed by atoms with E-state index in [9.17, 15) is 0 Å². The Morgan fingerprint density at radius 1 is 1.22 bits per heavy atom. The van der Waals surface area contributed by atoms with Crippen molar-refractivity contribution in [2.45, 2.75) is 0 Å². The van der Waals surface area contributed by atoms with Gasteiger partial charge in [0.15, 0.2) is 5.65 Å². The van der Waals surface area contributed by atoms with Crippen LogP contribution in [0.15, 0.2) is 42.7 Å². The maximum absolute atomic E-state index is 5.99. The van der Waals surface area contributed by atoms with Crippen molar-refractivity contribution in [3.05, 3.63) is 47.7 Å². The third-order valence-electron chi connectivity index (χ3n) is 2.66. The zero-order valence-corrected chi connectivity index (χ0v) is 10.4. The molecule has 0 fully saturated rings. The molecular formula is C13H10ClN3O. The third-order valence-corrected chi connectivity index (χ3v) is 2.90. The summed E-state index contributed by atoms with van der Waals surface area (Å²) in [5, 5.41) is 0.678. The number of imidazole rings is 1. The van der Waals surface area contributed by atoms with Crippen LogP contribution in [0.3, 0.4) is 0 Å². The molecule has 5 heteroatoms. The fourth-order valence-electron chi connectivity index (χ4n) is 1.80. The van der Waals surface area contributed by atoms with Crippen molar-refractivity contribution in [3.8, 4) is 11.6 Å². The number of hydrogen-bond donors (Lipinski definition) is 0. The third kappa shape index (κ3) is 1.80. The van der Waals surface area contributed by atoms with E-state index in [1.54, 1.807) is 19.5 Å². The van der Waals surface area contributed by atoms with Crippen LogP contribution in [0.2, 0.25) is 5.02 Å². The number of ether oxygens (including phenoxy) is 1. The van der Waals surface area contributed by atoms with Gasteiger partial charge in [-0.15, -0.1) is 0 Å². The summed E-state index contributed by atoms with van der Waals surface area (Å²) in [6, 6.07) is 11.2. The van der Waals surface area contributed by atoms with Crippen LogP contribution in [0.5, 0.6) is 5.88 Å². The molecule has 0 amide bonds. The highest BCUT2D eigenvalue weighted by molar-refractivity contribution is 6.30. The van der Waals surface area contributed by atoms with Gasteiger partial charge in [0.2, 0.25) is 5.88 Å². The van der Waals surface area contributed by atoms with Crippen LogP contribution in [0.25, 0.3) is 16.9 Å². The van der Waals surface area contributed by atoms with Gasteiger partial charge in [0.05, 0.1) is 12.8 Å². The molecule has 1 aromatic carbocycles. The molecule has 0 aliphatic carbocycles. The molecule has 0 aliphatic rings. The van der Waals surface area contributed by atoms with Gasteiger partial charge in [0, 0.05) is 11.1 Å².